The molecule has 4 heteroatoms. The van der Waals surface area contributed by atoms with E-state index in [0.717, 1.165) is 34.2 Å². The Morgan fingerprint density at radius 2 is 1.95 bits per heavy atom. The molecule has 0 unspecified atom stereocenters. The van der Waals surface area contributed by atoms with Gasteiger partial charge >= 0.3 is 0 Å². The Morgan fingerprint density at radius 1 is 1.30 bits per heavy atom. The van der Waals surface area contributed by atoms with Crippen LogP contribution in [0.25, 0.3) is 0 Å². The highest BCUT2D eigenvalue weighted by molar-refractivity contribution is 7.17. The first-order chi connectivity index (χ1) is 9.56. The van der Waals surface area contributed by atoms with E-state index >= 15 is 0 Å². The summed E-state index contributed by atoms with van der Waals surface area (Å²) in [5.74, 6) is 0.261. The lowest BCUT2D eigenvalue weighted by Gasteiger charge is -2.20. The number of carbonyl (C=O) groups excluding carboxylic acids is 1. The third-order valence-corrected chi connectivity index (χ3v) is 4.24. The minimum Gasteiger partial charge on any atom is -0.318 e. The first-order valence-corrected chi connectivity index (χ1v) is 7.68. The molecule has 106 valence electrons. The van der Waals surface area contributed by atoms with Crippen molar-refractivity contribution in [2.75, 3.05) is 11.4 Å². The average Bonchev–Trinajstić information content (AvgIpc) is 2.86. The molecule has 0 aliphatic rings. The fourth-order valence-electron chi connectivity index (χ4n) is 2.10. The Balaban J connectivity index is 2.41. The van der Waals surface area contributed by atoms with Gasteiger partial charge in [-0.2, -0.15) is 0 Å². The molecule has 3 nitrogen and oxygen atoms in total. The van der Waals surface area contributed by atoms with Gasteiger partial charge in [0.1, 0.15) is 0 Å². The summed E-state index contributed by atoms with van der Waals surface area (Å²) in [5.41, 5.74) is 3.24. The van der Waals surface area contributed by atoms with Gasteiger partial charge in [-0.05, 0) is 31.9 Å². The van der Waals surface area contributed by atoms with Crippen molar-refractivity contribution in [3.63, 3.8) is 0 Å². The van der Waals surface area contributed by atoms with Gasteiger partial charge in [-0.3, -0.25) is 4.79 Å². The highest BCUT2D eigenvalue weighted by atomic mass is 32.1. The Morgan fingerprint density at radius 3 is 2.40 bits per heavy atom. The van der Waals surface area contributed by atoms with Crippen molar-refractivity contribution in [2.24, 2.45) is 0 Å². The summed E-state index contributed by atoms with van der Waals surface area (Å²) in [6, 6.07) is 8.37. The number of benzene rings is 1. The van der Waals surface area contributed by atoms with Crippen LogP contribution in [0, 0.1) is 6.92 Å². The monoisotopic (exact) mass is 288 g/mol. The van der Waals surface area contributed by atoms with Crippen molar-refractivity contribution >= 4 is 28.4 Å². The number of thiazole rings is 1. The quantitative estimate of drug-likeness (QED) is 0.757. The number of hydrogen-bond acceptors (Lipinski definition) is 4. The topological polar surface area (TPSA) is 33.2 Å². The number of hydrogen-bond donors (Lipinski definition) is 0. The van der Waals surface area contributed by atoms with Crippen molar-refractivity contribution in [1.29, 1.82) is 0 Å². The molecular formula is C16H20N2OS. The molecule has 0 N–H and O–H groups in total. The summed E-state index contributed by atoms with van der Waals surface area (Å²) < 4.78 is 0. The Kier molecular flexibility index (Phi) is 4.55. The van der Waals surface area contributed by atoms with Crippen LogP contribution in [0.3, 0.4) is 0 Å². The van der Waals surface area contributed by atoms with Crippen LogP contribution in [0.4, 0.5) is 10.8 Å². The molecule has 0 saturated carbocycles. The Hall–Kier alpha value is -1.68. The maximum atomic E-state index is 11.2. The van der Waals surface area contributed by atoms with Crippen LogP contribution in [0.5, 0.6) is 0 Å². The Bertz CT molecular complexity index is 587. The SMILES string of the molecule is CCN(c1ccc(C)cc1)c1nc(C(C)C)c(C=O)s1. The molecule has 0 atom stereocenters. The summed E-state index contributed by atoms with van der Waals surface area (Å²) in [5, 5.41) is 0.891. The van der Waals surface area contributed by atoms with E-state index in [-0.39, 0.29) is 5.92 Å². The lowest BCUT2D eigenvalue weighted by atomic mass is 10.1. The van der Waals surface area contributed by atoms with E-state index in [4.69, 9.17) is 0 Å². The summed E-state index contributed by atoms with van der Waals surface area (Å²) in [6.07, 6.45) is 0.916. The predicted octanol–water partition coefficient (Wildman–Crippen LogP) is 4.55. The van der Waals surface area contributed by atoms with E-state index < -0.39 is 0 Å². The second-order valence-electron chi connectivity index (χ2n) is 5.10. The molecule has 20 heavy (non-hydrogen) atoms. The maximum Gasteiger partial charge on any atom is 0.190 e. The number of rotatable bonds is 5. The second kappa shape index (κ2) is 6.18. The predicted molar refractivity (Wildman–Crippen MR) is 85.4 cm³/mol. The molecule has 0 spiro atoms. The molecule has 1 aromatic heterocycles. The van der Waals surface area contributed by atoms with Crippen LogP contribution in [0.1, 0.15) is 47.6 Å². The lowest BCUT2D eigenvalue weighted by Crippen LogP contribution is -2.15. The van der Waals surface area contributed by atoms with Crippen LogP contribution >= 0.6 is 11.3 Å². The molecule has 1 heterocycles. The summed E-state index contributed by atoms with van der Waals surface area (Å²) in [6.45, 7) is 9.12. The largest absolute Gasteiger partial charge is 0.318 e. The van der Waals surface area contributed by atoms with Gasteiger partial charge in [-0.25, -0.2) is 4.98 Å². The van der Waals surface area contributed by atoms with Gasteiger partial charge in [-0.15, -0.1) is 0 Å². The number of anilines is 2. The van der Waals surface area contributed by atoms with Crippen molar-refractivity contribution in [3.8, 4) is 0 Å². The summed E-state index contributed by atoms with van der Waals surface area (Å²) in [4.78, 5) is 18.7. The molecular weight excluding hydrogens is 268 g/mol. The van der Waals surface area contributed by atoms with Crippen molar-refractivity contribution in [2.45, 2.75) is 33.6 Å². The molecule has 0 bridgehead atoms. The van der Waals surface area contributed by atoms with Crippen molar-refractivity contribution < 1.29 is 4.79 Å². The van der Waals surface area contributed by atoms with Gasteiger partial charge in [0.2, 0.25) is 0 Å². The molecule has 0 radical (unpaired) electrons. The fraction of sp³-hybridized carbons (Fsp3) is 0.375. The van der Waals surface area contributed by atoms with Crippen LogP contribution in [0.15, 0.2) is 24.3 Å². The zero-order valence-corrected chi connectivity index (χ0v) is 13.2. The molecule has 2 aromatic rings. The van der Waals surface area contributed by atoms with Gasteiger partial charge < -0.3 is 4.90 Å². The van der Waals surface area contributed by atoms with E-state index in [0.29, 0.717) is 0 Å². The number of carbonyl (C=O) groups is 1. The minimum absolute atomic E-state index is 0.261. The van der Waals surface area contributed by atoms with E-state index in [1.807, 2.05) is 0 Å². The number of nitrogens with zero attached hydrogens (tertiary/aromatic N) is 2. The number of aromatic nitrogens is 1. The zero-order valence-electron chi connectivity index (χ0n) is 12.4. The van der Waals surface area contributed by atoms with Gasteiger partial charge in [0.05, 0.1) is 10.6 Å². The number of aldehydes is 1. The van der Waals surface area contributed by atoms with Gasteiger partial charge in [0, 0.05) is 12.2 Å². The van der Waals surface area contributed by atoms with Gasteiger partial charge in [0.25, 0.3) is 0 Å². The van der Waals surface area contributed by atoms with E-state index in [9.17, 15) is 4.79 Å². The average molecular weight is 288 g/mol. The molecule has 0 saturated heterocycles. The standard InChI is InChI=1S/C16H20N2OS/c1-5-18(13-8-6-12(4)7-9-13)16-17-15(11(2)3)14(10-19)20-16/h6-11H,5H2,1-4H3. The third-order valence-electron chi connectivity index (χ3n) is 3.22. The normalized spacial score (nSPS) is 10.8. The van der Waals surface area contributed by atoms with Crippen LogP contribution in [0.2, 0.25) is 0 Å². The zero-order chi connectivity index (χ0) is 14.7. The van der Waals surface area contributed by atoms with Crippen LogP contribution < -0.4 is 4.90 Å². The first kappa shape index (κ1) is 14.7. The Labute approximate surface area is 124 Å². The van der Waals surface area contributed by atoms with Crippen LogP contribution in [-0.2, 0) is 0 Å². The maximum absolute atomic E-state index is 11.2. The fourth-order valence-corrected chi connectivity index (χ4v) is 3.22. The highest BCUT2D eigenvalue weighted by Crippen LogP contribution is 2.33. The molecule has 2 rings (SSSR count). The van der Waals surface area contributed by atoms with E-state index in [1.54, 1.807) is 0 Å². The summed E-state index contributed by atoms with van der Waals surface area (Å²) in [7, 11) is 0. The van der Waals surface area contributed by atoms with Crippen LogP contribution in [-0.4, -0.2) is 17.8 Å². The lowest BCUT2D eigenvalue weighted by molar-refractivity contribution is 0.112. The highest BCUT2D eigenvalue weighted by Gasteiger charge is 2.18. The van der Waals surface area contributed by atoms with Crippen molar-refractivity contribution in [3.05, 3.63) is 40.4 Å². The van der Waals surface area contributed by atoms with Crippen molar-refractivity contribution in [1.82, 2.24) is 4.98 Å². The van der Waals surface area contributed by atoms with E-state index in [2.05, 4.69) is 61.8 Å². The van der Waals surface area contributed by atoms with Gasteiger partial charge in [-0.1, -0.05) is 42.9 Å². The van der Waals surface area contributed by atoms with Gasteiger partial charge in [0.15, 0.2) is 11.4 Å². The molecule has 0 fully saturated rings. The molecule has 0 amide bonds. The first-order valence-electron chi connectivity index (χ1n) is 6.87. The number of aryl methyl sites for hydroxylation is 1. The smallest absolute Gasteiger partial charge is 0.190 e. The molecule has 0 aliphatic carbocycles. The summed E-state index contributed by atoms with van der Waals surface area (Å²) >= 11 is 1.47. The minimum atomic E-state index is 0.261. The molecule has 0 aliphatic heterocycles. The van der Waals surface area contributed by atoms with E-state index in [1.165, 1.54) is 16.9 Å². The second-order valence-corrected chi connectivity index (χ2v) is 6.11. The molecule has 1 aromatic carbocycles. The third kappa shape index (κ3) is 2.90.